The SMILES string of the molecule is C=C(C)C1CC2CCC(CC)CC2C1.CCC1CCC2CC3C(C(C)CC4C(C)C(CC)C(C)C(C)C43)C2C1.CCC1CCC2CCCC2C1.CCCc1c(C)c(CC)c(C)c(C)c1C1CC2CCC(CC)CC2C1.CCCc1cc(C)c(C)c(CC)c1C.CCc1ccccc1C. The van der Waals surface area contributed by atoms with E-state index in [1.807, 2.05) is 0 Å². The van der Waals surface area contributed by atoms with Gasteiger partial charge in [-0.2, -0.15) is 0 Å². The quantitative estimate of drug-likeness (QED) is 0.141. The van der Waals surface area contributed by atoms with Crippen molar-refractivity contribution in [2.75, 3.05) is 0 Å². The van der Waals surface area contributed by atoms with E-state index in [1.54, 1.807) is 102 Å². The number of rotatable bonds is 14. The second-order valence-electron chi connectivity index (χ2n) is 36.8. The molecule has 3 aromatic rings. The van der Waals surface area contributed by atoms with Gasteiger partial charge in [-0.1, -0.05) is 229 Å². The summed E-state index contributed by atoms with van der Waals surface area (Å²) >= 11 is 0. The van der Waals surface area contributed by atoms with Crippen LogP contribution in [0.5, 0.6) is 0 Å². The normalized spacial score (nSPS) is 35.6. The zero-order chi connectivity index (χ0) is 71.2. The number of aryl methyl sites for hydroxylation is 4. The number of allylic oxidation sites excluding steroid dienone is 1. The van der Waals surface area contributed by atoms with Gasteiger partial charge < -0.3 is 0 Å². The summed E-state index contributed by atoms with van der Waals surface area (Å²) in [4.78, 5) is 0. The van der Waals surface area contributed by atoms with Crippen molar-refractivity contribution in [2.45, 2.75) is 370 Å². The van der Waals surface area contributed by atoms with Crippen molar-refractivity contribution in [3.05, 3.63) is 115 Å². The van der Waals surface area contributed by atoms with Gasteiger partial charge in [0.1, 0.15) is 0 Å². The van der Waals surface area contributed by atoms with Crippen LogP contribution in [0.4, 0.5) is 0 Å². The van der Waals surface area contributed by atoms with Crippen LogP contribution in [0.1, 0.15) is 362 Å². The van der Waals surface area contributed by atoms with Gasteiger partial charge in [0.25, 0.3) is 0 Å². The van der Waals surface area contributed by atoms with Gasteiger partial charge in [0.05, 0.1) is 0 Å². The van der Waals surface area contributed by atoms with Crippen molar-refractivity contribution in [2.24, 2.45) is 130 Å². The fraction of sp³-hybridized carbons (Fsp3) is 0.796. The molecular weight excluding hydrogens is 1180 g/mol. The summed E-state index contributed by atoms with van der Waals surface area (Å²) in [5.41, 5.74) is 21.9. The first-order chi connectivity index (χ1) is 47.0. The second kappa shape index (κ2) is 38.4. The van der Waals surface area contributed by atoms with E-state index in [0.717, 1.165) is 149 Å². The molecule has 10 fully saturated rings. The van der Waals surface area contributed by atoms with Crippen molar-refractivity contribution in [3.63, 3.8) is 0 Å². The predicted octanol–water partition coefficient (Wildman–Crippen LogP) is 29.4. The highest BCUT2D eigenvalue weighted by molar-refractivity contribution is 5.52. The maximum absolute atomic E-state index is 4.13. The highest BCUT2D eigenvalue weighted by atomic mass is 14.6. The first-order valence-corrected chi connectivity index (χ1v) is 43.9. The van der Waals surface area contributed by atoms with E-state index in [9.17, 15) is 0 Å². The average molecular weight is 1340 g/mol. The highest BCUT2D eigenvalue weighted by Gasteiger charge is 2.59. The van der Waals surface area contributed by atoms with E-state index < -0.39 is 0 Å². The topological polar surface area (TPSA) is 0 Å². The maximum atomic E-state index is 4.13. The van der Waals surface area contributed by atoms with Crippen LogP contribution in [0, 0.1) is 179 Å². The van der Waals surface area contributed by atoms with Crippen molar-refractivity contribution in [1.82, 2.24) is 0 Å². The zero-order valence-corrected chi connectivity index (χ0v) is 69.2. The Balaban J connectivity index is 0.000000156. The molecule has 23 unspecified atom stereocenters. The molecule has 3 aromatic carbocycles. The van der Waals surface area contributed by atoms with Crippen molar-refractivity contribution in [1.29, 1.82) is 0 Å². The molecule has 0 aromatic heterocycles. The van der Waals surface area contributed by atoms with Gasteiger partial charge in [-0.25, -0.2) is 0 Å². The average Bonchev–Trinajstić information content (AvgIpc) is 1.49. The molecule has 10 aliphatic rings. The second-order valence-corrected chi connectivity index (χ2v) is 36.8. The maximum Gasteiger partial charge on any atom is -0.0151 e. The van der Waals surface area contributed by atoms with Crippen molar-refractivity contribution < 1.29 is 0 Å². The number of fused-ring (bicyclic) bond motifs is 8. The van der Waals surface area contributed by atoms with Crippen LogP contribution < -0.4 is 0 Å². The van der Waals surface area contributed by atoms with Gasteiger partial charge >= 0.3 is 0 Å². The monoisotopic (exact) mass is 1340 g/mol. The van der Waals surface area contributed by atoms with Gasteiger partial charge in [0.2, 0.25) is 0 Å². The Morgan fingerprint density at radius 1 is 0.388 bits per heavy atom. The van der Waals surface area contributed by atoms with Crippen LogP contribution >= 0.6 is 0 Å². The summed E-state index contributed by atoms with van der Waals surface area (Å²) in [7, 11) is 0. The minimum Gasteiger partial charge on any atom is -0.0999 e. The Hall–Kier alpha value is -2.60. The Labute approximate surface area is 611 Å². The molecule has 0 heterocycles. The van der Waals surface area contributed by atoms with Crippen molar-refractivity contribution >= 4 is 0 Å². The Morgan fingerprint density at radius 3 is 1.47 bits per heavy atom. The molecule has 10 aliphatic carbocycles. The first-order valence-electron chi connectivity index (χ1n) is 43.9. The lowest BCUT2D eigenvalue weighted by atomic mass is 9.48. The van der Waals surface area contributed by atoms with Crippen LogP contribution in [0.3, 0.4) is 0 Å². The standard InChI is InChI=1S/C25H44.C25H40.C14H24.C14H22.C11H20.C9H12/c1-7-18-9-10-19-13-23-24(22(19)12-18)14(3)11-21-17(6)20(8-2)15(4)16(5)25(21)23;1-7-10-24-18(6)23(9-3)16(4)17(5)25(24)22-14-20-12-11-19(8-2)13-21(20)15-22;1-4-11-5-6-12-8-13(10(2)3)9-14(12)7-11;1-6-8-13-9-10(3)11(4)14(7-2)12(13)5;1-2-9-6-7-10-4-3-5-11(10)8-9;1-3-9-7-5-4-6-8(9)2/h14-25H,7-13H2,1-6H3;19-22H,7-15H2,1-6H3;11-14H,2,4-9H2,1,3H3;9H,6-8H2,1-5H3;9-11H,2-8H2,1H3;4-7H,3H2,1-2H3. The molecule has 0 bridgehead atoms. The smallest absolute Gasteiger partial charge is 0.0151 e. The number of benzene rings is 3. The van der Waals surface area contributed by atoms with Crippen LogP contribution in [0.15, 0.2) is 42.5 Å². The minimum absolute atomic E-state index is 0.843. The Kier molecular flexibility index (Phi) is 31.8. The van der Waals surface area contributed by atoms with E-state index >= 15 is 0 Å². The summed E-state index contributed by atoms with van der Waals surface area (Å²) < 4.78 is 0. The van der Waals surface area contributed by atoms with Crippen LogP contribution in [-0.4, -0.2) is 0 Å². The number of hydrogen-bond donors (Lipinski definition) is 0. The summed E-state index contributed by atoms with van der Waals surface area (Å²) in [5.74, 6) is 23.7. The third-order valence-electron chi connectivity index (χ3n) is 32.0. The number of hydrogen-bond acceptors (Lipinski definition) is 0. The lowest BCUT2D eigenvalue weighted by molar-refractivity contribution is -0.0891. The Morgan fingerprint density at radius 2 is 0.908 bits per heavy atom. The van der Waals surface area contributed by atoms with Gasteiger partial charge in [-0.05, 0) is 386 Å². The highest BCUT2D eigenvalue weighted by Crippen LogP contribution is 2.65. The van der Waals surface area contributed by atoms with Gasteiger partial charge in [0, 0.05) is 0 Å². The van der Waals surface area contributed by atoms with Gasteiger partial charge in [-0.3, -0.25) is 0 Å². The summed E-state index contributed by atoms with van der Waals surface area (Å²) in [5, 5.41) is 0. The molecule has 98 heavy (non-hydrogen) atoms. The molecule has 0 radical (unpaired) electrons. The molecular formula is C98H162. The van der Waals surface area contributed by atoms with E-state index in [2.05, 4.69) is 189 Å². The molecule has 0 heteroatoms. The fourth-order valence-electron chi connectivity index (χ4n) is 25.7. The zero-order valence-electron chi connectivity index (χ0n) is 69.2. The summed E-state index contributed by atoms with van der Waals surface area (Å²) in [6, 6.07) is 10.9. The van der Waals surface area contributed by atoms with Crippen LogP contribution in [0.25, 0.3) is 0 Å². The minimum atomic E-state index is 0.843. The van der Waals surface area contributed by atoms with E-state index in [1.165, 1.54) is 175 Å². The van der Waals surface area contributed by atoms with Gasteiger partial charge in [-0.15, -0.1) is 0 Å². The molecule has 0 amide bonds. The lowest BCUT2D eigenvalue weighted by Gasteiger charge is -2.57. The molecule has 23 atom stereocenters. The van der Waals surface area contributed by atoms with Crippen molar-refractivity contribution in [3.8, 4) is 0 Å². The fourth-order valence-corrected chi connectivity index (χ4v) is 25.7. The van der Waals surface area contributed by atoms with Crippen LogP contribution in [-0.2, 0) is 32.1 Å². The predicted molar refractivity (Wildman–Crippen MR) is 434 cm³/mol. The van der Waals surface area contributed by atoms with Crippen LogP contribution in [0.2, 0.25) is 0 Å². The summed E-state index contributed by atoms with van der Waals surface area (Å²) in [6.45, 7) is 56.4. The molecule has 13 rings (SSSR count). The third-order valence-corrected chi connectivity index (χ3v) is 32.0. The molecule has 0 nitrogen and oxygen atoms in total. The molecule has 554 valence electrons. The first kappa shape index (κ1) is 81.1. The summed E-state index contributed by atoms with van der Waals surface area (Å²) in [6.07, 6.45) is 47.7. The third kappa shape index (κ3) is 19.1. The Bertz CT molecular complexity index is 2890. The van der Waals surface area contributed by atoms with Gasteiger partial charge in [0.15, 0.2) is 0 Å². The lowest BCUT2D eigenvalue weighted by Crippen LogP contribution is -2.51. The van der Waals surface area contributed by atoms with E-state index in [0.29, 0.717) is 0 Å². The van der Waals surface area contributed by atoms with E-state index in [-0.39, 0.29) is 0 Å². The molecule has 0 N–H and O–H groups in total. The molecule has 10 saturated carbocycles. The van der Waals surface area contributed by atoms with E-state index in [4.69, 9.17) is 0 Å². The molecule has 0 aliphatic heterocycles. The largest absolute Gasteiger partial charge is 0.0999 e. The molecule has 0 saturated heterocycles. The molecule has 0 spiro atoms.